The lowest BCUT2D eigenvalue weighted by Gasteiger charge is -2.32. The zero-order chi connectivity index (χ0) is 13.7. The summed E-state index contributed by atoms with van der Waals surface area (Å²) in [7, 11) is 0. The Morgan fingerprint density at radius 2 is 2.37 bits per heavy atom. The lowest BCUT2D eigenvalue weighted by atomic mass is 10.1. The van der Waals surface area contributed by atoms with Gasteiger partial charge in [0.05, 0.1) is 6.10 Å². The van der Waals surface area contributed by atoms with Crippen LogP contribution in [0.4, 0.5) is 0 Å². The third-order valence-electron chi connectivity index (χ3n) is 3.29. The largest absolute Gasteiger partial charge is 0.376 e. The molecule has 19 heavy (non-hydrogen) atoms. The average Bonchev–Trinajstić information content (AvgIpc) is 2.44. The van der Waals surface area contributed by atoms with E-state index in [-0.39, 0.29) is 12.0 Å². The Hall–Kier alpha value is -0.870. The second-order valence-electron chi connectivity index (χ2n) is 4.90. The number of nitrogens with zero attached hydrogens (tertiary/aromatic N) is 1. The average molecular weight is 326 g/mol. The summed E-state index contributed by atoms with van der Waals surface area (Å²) in [6.07, 6.45) is 3.30. The van der Waals surface area contributed by atoms with Crippen molar-refractivity contribution in [3.8, 4) is 0 Å². The molecule has 3 nitrogen and oxygen atoms in total. The number of hydrogen-bond donors (Lipinski definition) is 0. The standard InChI is InChI=1S/C15H20BrNO2/c1-2-9-19-14-7-4-8-17(11-14)15(18)12-5-3-6-13(16)10-12/h3,5-6,10,14H,2,4,7-9,11H2,1H3. The van der Waals surface area contributed by atoms with Gasteiger partial charge in [-0.2, -0.15) is 0 Å². The van der Waals surface area contributed by atoms with E-state index in [0.717, 1.165) is 42.5 Å². The Morgan fingerprint density at radius 1 is 1.53 bits per heavy atom. The van der Waals surface area contributed by atoms with Crippen molar-refractivity contribution in [1.29, 1.82) is 0 Å². The first-order valence-electron chi connectivity index (χ1n) is 6.87. The molecule has 1 unspecified atom stereocenters. The summed E-state index contributed by atoms with van der Waals surface area (Å²) in [5.74, 6) is 0.103. The highest BCUT2D eigenvalue weighted by Gasteiger charge is 2.24. The van der Waals surface area contributed by atoms with Gasteiger partial charge in [0.15, 0.2) is 0 Å². The van der Waals surface area contributed by atoms with Gasteiger partial charge in [-0.05, 0) is 37.5 Å². The molecular formula is C15H20BrNO2. The molecule has 0 bridgehead atoms. The van der Waals surface area contributed by atoms with Crippen LogP contribution in [0.25, 0.3) is 0 Å². The van der Waals surface area contributed by atoms with Gasteiger partial charge in [-0.1, -0.05) is 28.9 Å². The van der Waals surface area contributed by atoms with Gasteiger partial charge >= 0.3 is 0 Å². The highest BCUT2D eigenvalue weighted by Crippen LogP contribution is 2.18. The van der Waals surface area contributed by atoms with E-state index in [1.54, 1.807) is 0 Å². The van der Waals surface area contributed by atoms with E-state index in [2.05, 4.69) is 22.9 Å². The first-order chi connectivity index (χ1) is 9.20. The van der Waals surface area contributed by atoms with Crippen LogP contribution in [0, 0.1) is 0 Å². The molecule has 104 valence electrons. The molecule has 1 heterocycles. The number of piperidine rings is 1. The molecule has 0 aromatic heterocycles. The van der Waals surface area contributed by atoms with E-state index < -0.39 is 0 Å². The lowest BCUT2D eigenvalue weighted by Crippen LogP contribution is -2.43. The van der Waals surface area contributed by atoms with Crippen molar-refractivity contribution in [3.63, 3.8) is 0 Å². The normalized spacial score (nSPS) is 19.5. The van der Waals surface area contributed by atoms with Crippen LogP contribution in [0.1, 0.15) is 36.5 Å². The van der Waals surface area contributed by atoms with Crippen molar-refractivity contribution in [1.82, 2.24) is 4.90 Å². The van der Waals surface area contributed by atoms with E-state index in [1.807, 2.05) is 29.2 Å². The van der Waals surface area contributed by atoms with E-state index in [4.69, 9.17) is 4.74 Å². The molecule has 0 radical (unpaired) electrons. The van der Waals surface area contributed by atoms with Crippen molar-refractivity contribution < 1.29 is 9.53 Å². The molecule has 1 aliphatic heterocycles. The molecular weight excluding hydrogens is 306 g/mol. The smallest absolute Gasteiger partial charge is 0.253 e. The number of likely N-dealkylation sites (tertiary alicyclic amines) is 1. The van der Waals surface area contributed by atoms with Crippen molar-refractivity contribution >= 4 is 21.8 Å². The summed E-state index contributed by atoms with van der Waals surface area (Å²) >= 11 is 3.41. The van der Waals surface area contributed by atoms with Crippen LogP contribution in [-0.2, 0) is 4.74 Å². The molecule has 1 fully saturated rings. The maximum Gasteiger partial charge on any atom is 0.253 e. The number of ether oxygens (including phenoxy) is 1. The van der Waals surface area contributed by atoms with Crippen LogP contribution in [0.5, 0.6) is 0 Å². The monoisotopic (exact) mass is 325 g/mol. The second kappa shape index (κ2) is 7.06. The molecule has 0 spiro atoms. The Kier molecular flexibility index (Phi) is 5.40. The first-order valence-corrected chi connectivity index (χ1v) is 7.66. The molecule has 1 amide bonds. The minimum Gasteiger partial charge on any atom is -0.376 e. The van der Waals surface area contributed by atoms with E-state index in [1.165, 1.54) is 0 Å². The summed E-state index contributed by atoms with van der Waals surface area (Å²) in [6, 6.07) is 7.56. The van der Waals surface area contributed by atoms with Crippen molar-refractivity contribution in [3.05, 3.63) is 34.3 Å². The lowest BCUT2D eigenvalue weighted by molar-refractivity contribution is 0.00211. The van der Waals surface area contributed by atoms with E-state index >= 15 is 0 Å². The van der Waals surface area contributed by atoms with Crippen LogP contribution in [0.15, 0.2) is 28.7 Å². The first kappa shape index (κ1) is 14.5. The number of halogens is 1. The molecule has 0 aliphatic carbocycles. The van der Waals surface area contributed by atoms with Crippen LogP contribution < -0.4 is 0 Å². The Bertz CT molecular complexity index is 436. The van der Waals surface area contributed by atoms with Gasteiger partial charge in [0.1, 0.15) is 0 Å². The molecule has 4 heteroatoms. The minimum atomic E-state index is 0.103. The fourth-order valence-corrected chi connectivity index (χ4v) is 2.75. The van der Waals surface area contributed by atoms with E-state index in [0.29, 0.717) is 6.54 Å². The maximum absolute atomic E-state index is 12.4. The van der Waals surface area contributed by atoms with Gasteiger partial charge in [-0.15, -0.1) is 0 Å². The molecule has 1 aromatic carbocycles. The van der Waals surface area contributed by atoms with Gasteiger partial charge in [0.2, 0.25) is 0 Å². The summed E-state index contributed by atoms with van der Waals surface area (Å²) < 4.78 is 6.71. The highest BCUT2D eigenvalue weighted by molar-refractivity contribution is 9.10. The zero-order valence-electron chi connectivity index (χ0n) is 11.3. The van der Waals surface area contributed by atoms with Crippen LogP contribution in [0.3, 0.4) is 0 Å². The summed E-state index contributed by atoms with van der Waals surface area (Å²) in [6.45, 7) is 4.43. The van der Waals surface area contributed by atoms with Crippen molar-refractivity contribution in [2.24, 2.45) is 0 Å². The van der Waals surface area contributed by atoms with E-state index in [9.17, 15) is 4.79 Å². The van der Waals surface area contributed by atoms with Gasteiger partial charge < -0.3 is 9.64 Å². The predicted molar refractivity (Wildman–Crippen MR) is 79.3 cm³/mol. The second-order valence-corrected chi connectivity index (χ2v) is 5.81. The summed E-state index contributed by atoms with van der Waals surface area (Å²) in [5.41, 5.74) is 0.741. The molecule has 1 saturated heterocycles. The Morgan fingerprint density at radius 3 is 3.11 bits per heavy atom. The Labute approximate surface area is 123 Å². The minimum absolute atomic E-state index is 0.103. The summed E-state index contributed by atoms with van der Waals surface area (Å²) in [5, 5.41) is 0. The molecule has 1 aromatic rings. The van der Waals surface area contributed by atoms with Crippen LogP contribution in [-0.4, -0.2) is 36.6 Å². The number of amides is 1. The quantitative estimate of drug-likeness (QED) is 0.848. The molecule has 0 N–H and O–H groups in total. The molecule has 0 saturated carbocycles. The van der Waals surface area contributed by atoms with Gasteiger partial charge in [0, 0.05) is 29.7 Å². The van der Waals surface area contributed by atoms with Gasteiger partial charge in [-0.25, -0.2) is 0 Å². The SMILES string of the molecule is CCCOC1CCCN(C(=O)c2cccc(Br)c2)C1. The van der Waals surface area contributed by atoms with Crippen molar-refractivity contribution in [2.45, 2.75) is 32.3 Å². The van der Waals surface area contributed by atoms with Gasteiger partial charge in [-0.3, -0.25) is 4.79 Å². The fraction of sp³-hybridized carbons (Fsp3) is 0.533. The van der Waals surface area contributed by atoms with Crippen molar-refractivity contribution in [2.75, 3.05) is 19.7 Å². The number of hydrogen-bond acceptors (Lipinski definition) is 2. The molecule has 2 rings (SSSR count). The Balaban J connectivity index is 1.99. The maximum atomic E-state index is 12.4. The fourth-order valence-electron chi connectivity index (χ4n) is 2.35. The molecule has 1 aliphatic rings. The zero-order valence-corrected chi connectivity index (χ0v) is 12.9. The third-order valence-corrected chi connectivity index (χ3v) is 3.79. The topological polar surface area (TPSA) is 29.5 Å². The third kappa shape index (κ3) is 4.05. The van der Waals surface area contributed by atoms with Crippen LogP contribution >= 0.6 is 15.9 Å². The number of benzene rings is 1. The molecule has 1 atom stereocenters. The number of rotatable bonds is 4. The summed E-state index contributed by atoms with van der Waals surface area (Å²) in [4.78, 5) is 14.3. The predicted octanol–water partition coefficient (Wildman–Crippen LogP) is 3.48. The highest BCUT2D eigenvalue weighted by atomic mass is 79.9. The number of carbonyl (C=O) groups is 1. The number of carbonyl (C=O) groups excluding carboxylic acids is 1. The van der Waals surface area contributed by atoms with Crippen LogP contribution in [0.2, 0.25) is 0 Å². The van der Waals surface area contributed by atoms with Gasteiger partial charge in [0.25, 0.3) is 5.91 Å².